The average molecular weight is 487 g/mol. The maximum atomic E-state index is 2.35. The summed E-state index contributed by atoms with van der Waals surface area (Å²) in [5, 5.41) is 0. The van der Waals surface area contributed by atoms with Crippen molar-refractivity contribution >= 4 is 0 Å². The van der Waals surface area contributed by atoms with E-state index in [2.05, 4.69) is 60.7 Å². The van der Waals surface area contributed by atoms with Gasteiger partial charge in [-0.25, -0.2) is 0 Å². The maximum Gasteiger partial charge on any atom is 0.0821 e. The van der Waals surface area contributed by atoms with E-state index >= 15 is 0 Å². The van der Waals surface area contributed by atoms with Gasteiger partial charge in [0.15, 0.2) is 0 Å². The van der Waals surface area contributed by atoms with Crippen LogP contribution in [0.3, 0.4) is 0 Å². The lowest BCUT2D eigenvalue weighted by Crippen LogP contribution is -2.62. The molecule has 0 spiro atoms. The van der Waals surface area contributed by atoms with Gasteiger partial charge >= 0.3 is 0 Å². The van der Waals surface area contributed by atoms with Crippen LogP contribution in [-0.2, 0) is 12.8 Å². The number of unbranched alkanes of at least 4 members (excludes halogenated alkanes) is 3. The number of quaternary nitrogens is 2. The van der Waals surface area contributed by atoms with E-state index in [1.165, 1.54) is 126 Å². The van der Waals surface area contributed by atoms with E-state index in [1.54, 1.807) is 11.1 Å². The molecule has 6 saturated heterocycles. The van der Waals surface area contributed by atoms with Crippen LogP contribution in [0.2, 0.25) is 0 Å². The molecule has 2 aromatic carbocycles. The molecule has 4 bridgehead atoms. The van der Waals surface area contributed by atoms with Crippen LogP contribution in [-0.4, -0.2) is 61.3 Å². The van der Waals surface area contributed by atoms with Crippen molar-refractivity contribution in [3.8, 4) is 0 Å². The Bertz CT molecular complexity index is 858. The molecule has 6 aliphatic heterocycles. The Labute approximate surface area is 220 Å². The highest BCUT2D eigenvalue weighted by Crippen LogP contribution is 2.41. The van der Waals surface area contributed by atoms with E-state index < -0.39 is 0 Å². The van der Waals surface area contributed by atoms with Crippen LogP contribution in [0.15, 0.2) is 60.7 Å². The van der Waals surface area contributed by atoms with E-state index in [1.807, 2.05) is 0 Å². The summed E-state index contributed by atoms with van der Waals surface area (Å²) in [5.74, 6) is 3.85. The normalized spacial score (nSPS) is 35.2. The third-order valence-electron chi connectivity index (χ3n) is 11.2. The molecule has 0 N–H and O–H groups in total. The summed E-state index contributed by atoms with van der Waals surface area (Å²) in [6.45, 7) is 11.7. The second-order valence-electron chi connectivity index (χ2n) is 13.4. The molecule has 0 amide bonds. The van der Waals surface area contributed by atoms with Gasteiger partial charge in [-0.2, -0.15) is 0 Å². The zero-order chi connectivity index (χ0) is 24.3. The van der Waals surface area contributed by atoms with E-state index in [9.17, 15) is 0 Å². The molecule has 2 aromatic rings. The average Bonchev–Trinajstić information content (AvgIpc) is 2.93. The van der Waals surface area contributed by atoms with Crippen molar-refractivity contribution < 1.29 is 8.97 Å². The standard InChI is InChI=1S/C34H50N2/c1(9-19-35-21-15-31(16-22-35)33(27-35)25-29-11-5-3-6-12-29)2-10-20-36-23-17-32(18-24-36)34(28-36)26-30-13-7-4-8-14-30/h3-8,11-14,31-34H,1-2,9-10,15-28H2/q+2/t31?,32?,33-,34+,35?,36?. The molecular formula is C34H50N2+2. The molecule has 0 aliphatic carbocycles. The molecule has 6 heterocycles. The SMILES string of the molecule is c1ccc(C[C@@H]2C[N+]3(CCCCCC[N+]45CCC(CC4)[C@@H](Cc4ccccc4)C5)CCC2CC3)cc1. The molecule has 0 aromatic heterocycles. The van der Waals surface area contributed by atoms with Gasteiger partial charge < -0.3 is 8.97 Å². The third-order valence-corrected chi connectivity index (χ3v) is 11.2. The van der Waals surface area contributed by atoms with E-state index in [-0.39, 0.29) is 0 Å². The number of hydrogen-bond donors (Lipinski definition) is 0. The minimum atomic E-state index is 0.927. The summed E-state index contributed by atoms with van der Waals surface area (Å²) < 4.78 is 2.91. The van der Waals surface area contributed by atoms with E-state index in [4.69, 9.17) is 0 Å². The van der Waals surface area contributed by atoms with Crippen LogP contribution in [0, 0.1) is 23.7 Å². The summed E-state index contributed by atoms with van der Waals surface area (Å²) in [6.07, 6.45) is 14.4. The molecule has 0 radical (unpaired) electrons. The molecule has 8 rings (SSSR count). The summed E-state index contributed by atoms with van der Waals surface area (Å²) >= 11 is 0. The van der Waals surface area contributed by atoms with Crippen molar-refractivity contribution in [3.05, 3.63) is 71.8 Å². The van der Waals surface area contributed by atoms with Crippen molar-refractivity contribution in [2.24, 2.45) is 23.7 Å². The first kappa shape index (κ1) is 24.7. The smallest absolute Gasteiger partial charge is 0.0821 e. The Hall–Kier alpha value is -1.64. The Balaban J connectivity index is 0.933. The molecule has 2 nitrogen and oxygen atoms in total. The van der Waals surface area contributed by atoms with Gasteiger partial charge in [-0.15, -0.1) is 0 Å². The molecule has 6 fully saturated rings. The van der Waals surface area contributed by atoms with Gasteiger partial charge in [0, 0.05) is 37.5 Å². The Morgan fingerprint density at radius 2 is 0.889 bits per heavy atom. The van der Waals surface area contributed by atoms with Crippen LogP contribution in [0.5, 0.6) is 0 Å². The number of rotatable bonds is 11. The van der Waals surface area contributed by atoms with Gasteiger partial charge in [0.2, 0.25) is 0 Å². The van der Waals surface area contributed by atoms with Gasteiger partial charge in [-0.3, -0.25) is 0 Å². The molecule has 2 atom stereocenters. The quantitative estimate of drug-likeness (QED) is 0.244. The number of fused-ring (bicyclic) bond motifs is 6. The van der Waals surface area contributed by atoms with Gasteiger partial charge in [0.25, 0.3) is 0 Å². The zero-order valence-corrected chi connectivity index (χ0v) is 22.7. The second kappa shape index (κ2) is 11.0. The first-order valence-electron chi connectivity index (χ1n) is 15.5. The Morgan fingerprint density at radius 1 is 0.500 bits per heavy atom. The topological polar surface area (TPSA) is 0 Å². The fourth-order valence-electron chi connectivity index (χ4n) is 9.05. The fourth-order valence-corrected chi connectivity index (χ4v) is 9.05. The zero-order valence-electron chi connectivity index (χ0n) is 22.7. The number of hydrogen-bond acceptors (Lipinski definition) is 0. The highest BCUT2D eigenvalue weighted by atomic mass is 15.4. The van der Waals surface area contributed by atoms with Crippen molar-refractivity contribution in [2.75, 3.05) is 52.4 Å². The summed E-state index contributed by atoms with van der Waals surface area (Å²) in [6, 6.07) is 22.6. The Kier molecular flexibility index (Phi) is 7.54. The van der Waals surface area contributed by atoms with Crippen LogP contribution in [0.25, 0.3) is 0 Å². The lowest BCUT2D eigenvalue weighted by Gasteiger charge is -2.53. The van der Waals surface area contributed by atoms with Crippen LogP contribution >= 0.6 is 0 Å². The van der Waals surface area contributed by atoms with E-state index in [0.29, 0.717) is 0 Å². The van der Waals surface area contributed by atoms with Gasteiger partial charge in [-0.05, 0) is 61.5 Å². The second-order valence-corrected chi connectivity index (χ2v) is 13.4. The summed E-state index contributed by atoms with van der Waals surface area (Å²) in [7, 11) is 0. The maximum absolute atomic E-state index is 2.35. The van der Waals surface area contributed by atoms with Crippen LogP contribution < -0.4 is 0 Å². The largest absolute Gasteiger partial charge is 0.323 e. The third kappa shape index (κ3) is 5.60. The van der Waals surface area contributed by atoms with Crippen LogP contribution in [0.4, 0.5) is 0 Å². The highest BCUT2D eigenvalue weighted by Gasteiger charge is 2.46. The predicted molar refractivity (Wildman–Crippen MR) is 151 cm³/mol. The predicted octanol–water partition coefficient (Wildman–Crippen LogP) is 6.75. The Morgan fingerprint density at radius 3 is 1.28 bits per heavy atom. The van der Waals surface area contributed by atoms with Gasteiger partial charge in [0.05, 0.1) is 52.4 Å². The van der Waals surface area contributed by atoms with Gasteiger partial charge in [0.1, 0.15) is 0 Å². The lowest BCUT2D eigenvalue weighted by atomic mass is 9.74. The molecule has 0 saturated carbocycles. The molecule has 6 aliphatic rings. The highest BCUT2D eigenvalue weighted by molar-refractivity contribution is 5.16. The minimum absolute atomic E-state index is 0.927. The molecular weight excluding hydrogens is 436 g/mol. The first-order valence-corrected chi connectivity index (χ1v) is 15.5. The number of benzene rings is 2. The minimum Gasteiger partial charge on any atom is -0.323 e. The molecule has 0 unspecified atom stereocenters. The molecule has 194 valence electrons. The molecule has 36 heavy (non-hydrogen) atoms. The lowest BCUT2D eigenvalue weighted by molar-refractivity contribution is -0.947. The van der Waals surface area contributed by atoms with E-state index in [0.717, 1.165) is 23.7 Å². The number of piperidine rings is 6. The van der Waals surface area contributed by atoms with Crippen molar-refractivity contribution in [2.45, 2.75) is 64.2 Å². The summed E-state index contributed by atoms with van der Waals surface area (Å²) in [5.41, 5.74) is 3.13. The monoisotopic (exact) mass is 486 g/mol. The van der Waals surface area contributed by atoms with Crippen molar-refractivity contribution in [1.29, 1.82) is 0 Å². The first-order chi connectivity index (χ1) is 17.7. The summed E-state index contributed by atoms with van der Waals surface area (Å²) in [4.78, 5) is 0. The van der Waals surface area contributed by atoms with Crippen molar-refractivity contribution in [3.63, 3.8) is 0 Å². The van der Waals surface area contributed by atoms with Gasteiger partial charge in [-0.1, -0.05) is 60.7 Å². The van der Waals surface area contributed by atoms with Crippen LogP contribution in [0.1, 0.15) is 62.5 Å². The van der Waals surface area contributed by atoms with Crippen molar-refractivity contribution in [1.82, 2.24) is 0 Å². The molecule has 2 heteroatoms. The number of nitrogens with zero attached hydrogens (tertiary/aromatic N) is 2. The fraction of sp³-hybridized carbons (Fsp3) is 0.647.